The second kappa shape index (κ2) is 14.4. The van der Waals surface area contributed by atoms with Crippen molar-refractivity contribution in [2.24, 2.45) is 17.8 Å². The molecule has 0 spiro atoms. The van der Waals surface area contributed by atoms with Crippen LogP contribution in [0.15, 0.2) is 53.1 Å². The molecule has 1 aliphatic heterocycles. The van der Waals surface area contributed by atoms with E-state index in [1.54, 1.807) is 6.07 Å². The molecule has 0 unspecified atom stereocenters. The third kappa shape index (κ3) is 7.85. The topological polar surface area (TPSA) is 107 Å². The number of halogens is 7. The number of anilines is 1. The number of alkyl halides is 6. The highest BCUT2D eigenvalue weighted by atomic mass is 35.5. The average molecular weight is 690 g/mol. The summed E-state index contributed by atoms with van der Waals surface area (Å²) in [6.45, 7) is 1.13. The SMILES string of the molecule is CCC/C(=C\c1ccc(O)cc1Cl)CC[C@@H](O)C1=C(COC)C[C@H]2C(=O)N(c3cc(C(F)(F)F)cc(C(F)(F)F)c3)C(=O)[C@H]2[C@H]1CO. The number of nitrogens with zero attached hydrogens (tertiary/aromatic N) is 1. The van der Waals surface area contributed by atoms with Crippen molar-refractivity contribution >= 4 is 35.2 Å². The molecule has 0 aromatic heterocycles. The Balaban J connectivity index is 1.68. The van der Waals surface area contributed by atoms with Crippen LogP contribution in [0.2, 0.25) is 5.02 Å². The number of carbonyl (C=O) groups excluding carboxylic acids is 2. The number of rotatable bonds is 11. The number of benzene rings is 2. The molecule has 2 aromatic rings. The van der Waals surface area contributed by atoms with Gasteiger partial charge in [0.05, 0.1) is 53.0 Å². The van der Waals surface area contributed by atoms with Crippen LogP contribution >= 0.6 is 11.6 Å². The molecule has 2 amide bonds. The molecule has 3 N–H and O–H groups in total. The lowest BCUT2D eigenvalue weighted by atomic mass is 9.68. The molecule has 14 heteroatoms. The summed E-state index contributed by atoms with van der Waals surface area (Å²) in [7, 11) is 1.36. The van der Waals surface area contributed by atoms with Gasteiger partial charge in [0, 0.05) is 13.0 Å². The highest BCUT2D eigenvalue weighted by Crippen LogP contribution is 2.48. The minimum absolute atomic E-state index is 0.00442. The number of aromatic hydroxyl groups is 1. The predicted octanol–water partition coefficient (Wildman–Crippen LogP) is 7.17. The van der Waals surface area contributed by atoms with Crippen molar-refractivity contribution < 1.29 is 56.0 Å². The van der Waals surface area contributed by atoms with E-state index >= 15 is 0 Å². The number of ether oxygens (including phenoxy) is 1. The van der Waals surface area contributed by atoms with E-state index in [4.69, 9.17) is 16.3 Å². The Morgan fingerprint density at radius 3 is 2.21 bits per heavy atom. The van der Waals surface area contributed by atoms with Gasteiger partial charge in [-0.1, -0.05) is 36.6 Å². The molecule has 0 saturated carbocycles. The van der Waals surface area contributed by atoms with Crippen LogP contribution < -0.4 is 4.90 Å². The van der Waals surface area contributed by atoms with Crippen LogP contribution in [0.5, 0.6) is 5.75 Å². The van der Waals surface area contributed by atoms with Gasteiger partial charge in [-0.2, -0.15) is 26.3 Å². The Morgan fingerprint density at radius 1 is 1.04 bits per heavy atom. The van der Waals surface area contributed by atoms with E-state index in [2.05, 4.69) is 0 Å². The zero-order valence-corrected chi connectivity index (χ0v) is 26.2. The number of methoxy groups -OCH3 is 1. The molecule has 7 nitrogen and oxygen atoms in total. The van der Waals surface area contributed by atoms with Gasteiger partial charge in [-0.25, -0.2) is 4.90 Å². The molecule has 1 fully saturated rings. The van der Waals surface area contributed by atoms with Crippen molar-refractivity contribution in [1.82, 2.24) is 0 Å². The number of phenols is 1. The van der Waals surface area contributed by atoms with Crippen molar-refractivity contribution in [2.75, 3.05) is 25.2 Å². The molecular formula is C33H34ClF6NO6. The maximum atomic E-state index is 13.7. The number of aliphatic hydroxyl groups is 2. The summed E-state index contributed by atoms with van der Waals surface area (Å²) in [5, 5.41) is 32.0. The highest BCUT2D eigenvalue weighted by molar-refractivity contribution is 6.32. The van der Waals surface area contributed by atoms with Crippen LogP contribution in [0.25, 0.3) is 6.08 Å². The van der Waals surface area contributed by atoms with Crippen LogP contribution in [0.3, 0.4) is 0 Å². The first-order chi connectivity index (χ1) is 22.0. The number of fused-ring (bicyclic) bond motifs is 1. The fraction of sp³-hybridized carbons (Fsp3) is 0.455. The van der Waals surface area contributed by atoms with Gasteiger partial charge in [0.1, 0.15) is 5.75 Å². The van der Waals surface area contributed by atoms with E-state index in [0.717, 1.165) is 12.0 Å². The molecule has 256 valence electrons. The highest BCUT2D eigenvalue weighted by Gasteiger charge is 2.55. The van der Waals surface area contributed by atoms with E-state index in [1.807, 2.05) is 13.0 Å². The molecule has 2 aliphatic rings. The van der Waals surface area contributed by atoms with Gasteiger partial charge in [-0.3, -0.25) is 9.59 Å². The number of phenolic OH excluding ortho intramolecular Hbond substituents is 1. The summed E-state index contributed by atoms with van der Waals surface area (Å²) < 4.78 is 86.8. The molecular weight excluding hydrogens is 656 g/mol. The fourth-order valence-corrected chi connectivity index (χ4v) is 6.74. The van der Waals surface area contributed by atoms with Gasteiger partial charge >= 0.3 is 12.4 Å². The van der Waals surface area contributed by atoms with E-state index in [0.29, 0.717) is 46.0 Å². The van der Waals surface area contributed by atoms with Gasteiger partial charge in [0.2, 0.25) is 11.8 Å². The Bertz CT molecular complexity index is 1540. The van der Waals surface area contributed by atoms with Crippen molar-refractivity contribution in [3.63, 3.8) is 0 Å². The van der Waals surface area contributed by atoms with Crippen molar-refractivity contribution in [3.05, 3.63) is 74.8 Å². The standard InChI is InChI=1S/C33H34ClF6NO6/c1-3-4-17(9-18-6-7-23(43)14-26(18)34)5-8-27(44)28-19(16-47-2)10-24-29(25(28)15-42)31(46)41(30(24)45)22-12-20(32(35,36)37)11-21(13-22)33(38,39)40/h6-7,9,11-14,24-25,27,29,42-44H,3-5,8,10,15-16H2,1-2H3/b17-9+/t24-,25+,27-,29-/m1/s1. The average Bonchev–Trinajstić information content (AvgIpc) is 3.24. The first-order valence-electron chi connectivity index (χ1n) is 14.9. The lowest BCUT2D eigenvalue weighted by Crippen LogP contribution is -2.39. The lowest BCUT2D eigenvalue weighted by molar-refractivity contribution is -0.143. The third-order valence-electron chi connectivity index (χ3n) is 8.54. The van der Waals surface area contributed by atoms with E-state index in [-0.39, 0.29) is 36.8 Å². The summed E-state index contributed by atoms with van der Waals surface area (Å²) in [6, 6.07) is 5.05. The Morgan fingerprint density at radius 2 is 1.68 bits per heavy atom. The summed E-state index contributed by atoms with van der Waals surface area (Å²) >= 11 is 6.27. The van der Waals surface area contributed by atoms with E-state index in [1.165, 1.54) is 19.2 Å². The molecule has 4 rings (SSSR count). The summed E-state index contributed by atoms with van der Waals surface area (Å²) in [5.41, 5.74) is -2.04. The smallest absolute Gasteiger partial charge is 0.416 e. The van der Waals surface area contributed by atoms with Crippen molar-refractivity contribution in [3.8, 4) is 5.75 Å². The Kier molecular flexibility index (Phi) is 11.2. The second-order valence-electron chi connectivity index (χ2n) is 11.7. The van der Waals surface area contributed by atoms with Gasteiger partial charge in [-0.05, 0) is 78.8 Å². The largest absolute Gasteiger partial charge is 0.508 e. The maximum Gasteiger partial charge on any atom is 0.416 e. The zero-order valence-electron chi connectivity index (χ0n) is 25.5. The zero-order chi connectivity index (χ0) is 34.8. The van der Waals surface area contributed by atoms with Gasteiger partial charge in [-0.15, -0.1) is 0 Å². The molecule has 2 aromatic carbocycles. The summed E-state index contributed by atoms with van der Waals surface area (Å²) in [4.78, 5) is 27.6. The number of carbonyl (C=O) groups is 2. The van der Waals surface area contributed by atoms with Crippen LogP contribution in [0.1, 0.15) is 55.7 Å². The number of imide groups is 1. The quantitative estimate of drug-likeness (QED) is 0.131. The summed E-state index contributed by atoms with van der Waals surface area (Å²) in [6.07, 6.45) is -8.10. The van der Waals surface area contributed by atoms with E-state index in [9.17, 15) is 51.3 Å². The molecule has 1 heterocycles. The first kappa shape index (κ1) is 36.4. The van der Waals surface area contributed by atoms with Gasteiger partial charge < -0.3 is 20.1 Å². The van der Waals surface area contributed by atoms with Crippen LogP contribution in [-0.2, 0) is 26.7 Å². The van der Waals surface area contributed by atoms with Crippen LogP contribution in [-0.4, -0.2) is 53.6 Å². The van der Waals surface area contributed by atoms with Crippen molar-refractivity contribution in [1.29, 1.82) is 0 Å². The minimum atomic E-state index is -5.20. The third-order valence-corrected chi connectivity index (χ3v) is 8.87. The number of amides is 2. The number of hydrogen-bond acceptors (Lipinski definition) is 6. The van der Waals surface area contributed by atoms with Crippen molar-refractivity contribution in [2.45, 2.75) is 57.5 Å². The molecule has 0 radical (unpaired) electrons. The number of allylic oxidation sites excluding steroid dienone is 1. The van der Waals surface area contributed by atoms with Gasteiger partial charge in [0.25, 0.3) is 0 Å². The monoisotopic (exact) mass is 689 g/mol. The Labute approximate surface area is 272 Å². The lowest BCUT2D eigenvalue weighted by Gasteiger charge is -2.36. The number of aliphatic hydroxyl groups excluding tert-OH is 2. The maximum absolute atomic E-state index is 13.7. The predicted molar refractivity (Wildman–Crippen MR) is 161 cm³/mol. The van der Waals surface area contributed by atoms with Crippen LogP contribution in [0, 0.1) is 17.8 Å². The molecule has 47 heavy (non-hydrogen) atoms. The second-order valence-corrected chi connectivity index (χ2v) is 12.1. The first-order valence-corrected chi connectivity index (χ1v) is 15.2. The van der Waals surface area contributed by atoms with E-state index < -0.39 is 71.4 Å². The molecule has 1 saturated heterocycles. The molecule has 1 aliphatic carbocycles. The number of hydrogen-bond donors (Lipinski definition) is 3. The van der Waals surface area contributed by atoms with Crippen LogP contribution in [0.4, 0.5) is 32.0 Å². The summed E-state index contributed by atoms with van der Waals surface area (Å²) in [5.74, 6) is -5.79. The van der Waals surface area contributed by atoms with Gasteiger partial charge in [0.15, 0.2) is 0 Å². The molecule has 0 bridgehead atoms. The minimum Gasteiger partial charge on any atom is -0.508 e. The molecule has 4 atom stereocenters. The normalized spacial score (nSPS) is 21.5. The Hall–Kier alpha value is -3.39. The fourth-order valence-electron chi connectivity index (χ4n) is 6.51.